The Morgan fingerprint density at radius 1 is 0.909 bits per heavy atom. The van der Waals surface area contributed by atoms with Crippen LogP contribution in [0.5, 0.6) is 0 Å². The number of anilines is 1. The zero-order valence-electron chi connectivity index (χ0n) is 11.2. The maximum atomic E-state index is 13.3. The van der Waals surface area contributed by atoms with Gasteiger partial charge in [0.1, 0.15) is 11.6 Å². The number of carbonyl (C=O) groups excluding carboxylic acids is 2. The SMILES string of the molecule is O=C(N/N=C\c1ccccc1F)C(=O)Nc1ccccc1F. The fourth-order valence-electron chi connectivity index (χ4n) is 1.53. The largest absolute Gasteiger partial charge is 0.329 e. The van der Waals surface area contributed by atoms with Crippen molar-refractivity contribution in [1.29, 1.82) is 0 Å². The molecule has 0 fully saturated rings. The first-order valence-electron chi connectivity index (χ1n) is 6.21. The van der Waals surface area contributed by atoms with Crippen molar-refractivity contribution in [1.82, 2.24) is 5.43 Å². The Bertz CT molecular complexity index is 732. The van der Waals surface area contributed by atoms with Gasteiger partial charge in [-0.1, -0.05) is 30.3 Å². The number of halogens is 2. The molecule has 112 valence electrons. The molecule has 0 atom stereocenters. The maximum absolute atomic E-state index is 13.3. The van der Waals surface area contributed by atoms with E-state index in [1.54, 1.807) is 6.07 Å². The number of hydrazone groups is 1. The molecule has 2 N–H and O–H groups in total. The summed E-state index contributed by atoms with van der Waals surface area (Å²) in [7, 11) is 0. The molecule has 0 aromatic heterocycles. The first kappa shape index (κ1) is 15.3. The van der Waals surface area contributed by atoms with E-state index in [0.29, 0.717) is 0 Å². The van der Waals surface area contributed by atoms with Crippen molar-refractivity contribution in [2.24, 2.45) is 5.10 Å². The summed E-state index contributed by atoms with van der Waals surface area (Å²) in [4.78, 5) is 23.0. The number of hydrogen-bond acceptors (Lipinski definition) is 3. The fourth-order valence-corrected chi connectivity index (χ4v) is 1.53. The van der Waals surface area contributed by atoms with E-state index in [0.717, 1.165) is 12.3 Å². The zero-order valence-corrected chi connectivity index (χ0v) is 11.2. The van der Waals surface area contributed by atoms with Gasteiger partial charge in [0.15, 0.2) is 0 Å². The normalized spacial score (nSPS) is 10.5. The lowest BCUT2D eigenvalue weighted by Crippen LogP contribution is -2.32. The minimum Gasteiger partial charge on any atom is -0.315 e. The van der Waals surface area contributed by atoms with Crippen molar-refractivity contribution >= 4 is 23.7 Å². The topological polar surface area (TPSA) is 70.6 Å². The Morgan fingerprint density at radius 3 is 2.23 bits per heavy atom. The van der Waals surface area contributed by atoms with Crippen LogP contribution in [-0.4, -0.2) is 18.0 Å². The van der Waals surface area contributed by atoms with Crippen LogP contribution < -0.4 is 10.7 Å². The van der Waals surface area contributed by atoms with Crippen LogP contribution in [-0.2, 0) is 9.59 Å². The second-order valence-corrected chi connectivity index (χ2v) is 4.15. The molecule has 0 saturated carbocycles. The van der Waals surface area contributed by atoms with Gasteiger partial charge in [-0.2, -0.15) is 5.10 Å². The van der Waals surface area contributed by atoms with Crippen LogP contribution in [0.15, 0.2) is 53.6 Å². The molecule has 0 unspecified atom stereocenters. The van der Waals surface area contributed by atoms with Gasteiger partial charge in [0.2, 0.25) is 0 Å². The summed E-state index contributed by atoms with van der Waals surface area (Å²) >= 11 is 0. The lowest BCUT2D eigenvalue weighted by molar-refractivity contribution is -0.136. The summed E-state index contributed by atoms with van der Waals surface area (Å²) in [6.45, 7) is 0. The third-order valence-electron chi connectivity index (χ3n) is 2.60. The van der Waals surface area contributed by atoms with Gasteiger partial charge in [0, 0.05) is 5.56 Å². The van der Waals surface area contributed by atoms with Gasteiger partial charge in [-0.3, -0.25) is 9.59 Å². The molecular weight excluding hydrogens is 292 g/mol. The molecule has 0 saturated heterocycles. The highest BCUT2D eigenvalue weighted by atomic mass is 19.1. The molecule has 0 radical (unpaired) electrons. The Hall–Kier alpha value is -3.09. The molecule has 22 heavy (non-hydrogen) atoms. The summed E-state index contributed by atoms with van der Waals surface area (Å²) < 4.78 is 26.6. The van der Waals surface area contributed by atoms with Gasteiger partial charge in [-0.15, -0.1) is 0 Å². The standard InChI is InChI=1S/C15H11F2N3O2/c16-11-6-2-1-5-10(11)9-18-20-15(22)14(21)19-13-8-4-3-7-12(13)17/h1-9H,(H,19,21)(H,20,22)/b18-9-. The van der Waals surface area contributed by atoms with E-state index in [4.69, 9.17) is 0 Å². The summed E-state index contributed by atoms with van der Waals surface area (Å²) in [6.07, 6.45) is 1.06. The first-order chi connectivity index (χ1) is 10.6. The Kier molecular flexibility index (Phi) is 4.92. The van der Waals surface area contributed by atoms with Crippen LogP contribution in [0.4, 0.5) is 14.5 Å². The number of nitrogens with zero attached hydrogens (tertiary/aromatic N) is 1. The maximum Gasteiger partial charge on any atom is 0.329 e. The molecule has 0 aliphatic heterocycles. The van der Waals surface area contributed by atoms with E-state index in [-0.39, 0.29) is 11.3 Å². The molecule has 2 aromatic rings. The third kappa shape index (κ3) is 3.95. The van der Waals surface area contributed by atoms with Crippen LogP contribution in [0.25, 0.3) is 0 Å². The molecule has 0 aliphatic rings. The fraction of sp³-hybridized carbons (Fsp3) is 0. The number of amides is 2. The van der Waals surface area contributed by atoms with Gasteiger partial charge >= 0.3 is 11.8 Å². The minimum absolute atomic E-state index is 0.124. The Morgan fingerprint density at radius 2 is 1.55 bits per heavy atom. The van der Waals surface area contributed by atoms with E-state index in [1.165, 1.54) is 36.4 Å². The third-order valence-corrected chi connectivity index (χ3v) is 2.60. The number of para-hydroxylation sites is 1. The first-order valence-corrected chi connectivity index (χ1v) is 6.21. The highest BCUT2D eigenvalue weighted by Crippen LogP contribution is 2.11. The van der Waals surface area contributed by atoms with E-state index in [1.807, 2.05) is 5.43 Å². The molecule has 0 heterocycles. The Labute approximate surface area is 124 Å². The second kappa shape index (κ2) is 7.07. The van der Waals surface area contributed by atoms with Gasteiger partial charge in [0.25, 0.3) is 0 Å². The van der Waals surface area contributed by atoms with Crippen LogP contribution in [0.2, 0.25) is 0 Å². The molecule has 7 heteroatoms. The summed E-state index contributed by atoms with van der Waals surface area (Å²) in [5, 5.41) is 5.56. The number of carbonyl (C=O) groups is 2. The van der Waals surface area contributed by atoms with Crippen molar-refractivity contribution in [3.8, 4) is 0 Å². The molecule has 5 nitrogen and oxygen atoms in total. The van der Waals surface area contributed by atoms with Crippen molar-refractivity contribution < 1.29 is 18.4 Å². The highest BCUT2D eigenvalue weighted by molar-refractivity contribution is 6.39. The van der Waals surface area contributed by atoms with E-state index >= 15 is 0 Å². The van der Waals surface area contributed by atoms with Crippen molar-refractivity contribution in [2.75, 3.05) is 5.32 Å². The summed E-state index contributed by atoms with van der Waals surface area (Å²) in [5.41, 5.74) is 1.95. The Balaban J connectivity index is 1.94. The molecule has 2 amide bonds. The minimum atomic E-state index is -1.10. The number of rotatable bonds is 3. The van der Waals surface area contributed by atoms with Crippen LogP contribution in [0, 0.1) is 11.6 Å². The zero-order chi connectivity index (χ0) is 15.9. The van der Waals surface area contributed by atoms with Crippen molar-refractivity contribution in [3.63, 3.8) is 0 Å². The lowest BCUT2D eigenvalue weighted by Gasteiger charge is -2.04. The molecule has 0 aliphatic carbocycles. The molecule has 2 rings (SSSR count). The van der Waals surface area contributed by atoms with Crippen molar-refractivity contribution in [3.05, 3.63) is 65.7 Å². The smallest absolute Gasteiger partial charge is 0.315 e. The van der Waals surface area contributed by atoms with E-state index < -0.39 is 23.4 Å². The summed E-state index contributed by atoms with van der Waals surface area (Å²) in [6, 6.07) is 11.2. The van der Waals surface area contributed by atoms with Crippen molar-refractivity contribution in [2.45, 2.75) is 0 Å². The summed E-state index contributed by atoms with van der Waals surface area (Å²) in [5.74, 6) is -3.37. The number of nitrogens with one attached hydrogen (secondary N) is 2. The second-order valence-electron chi connectivity index (χ2n) is 4.15. The average molecular weight is 303 g/mol. The molecule has 0 spiro atoms. The van der Waals surface area contributed by atoms with Gasteiger partial charge in [-0.25, -0.2) is 14.2 Å². The van der Waals surface area contributed by atoms with Gasteiger partial charge in [-0.05, 0) is 18.2 Å². The quantitative estimate of drug-likeness (QED) is 0.517. The number of benzene rings is 2. The monoisotopic (exact) mass is 303 g/mol. The highest BCUT2D eigenvalue weighted by Gasteiger charge is 2.14. The average Bonchev–Trinajstić information content (AvgIpc) is 2.51. The van der Waals surface area contributed by atoms with Gasteiger partial charge < -0.3 is 5.32 Å². The van der Waals surface area contributed by atoms with E-state index in [2.05, 4.69) is 10.4 Å². The molecular formula is C15H11F2N3O2. The molecule has 0 bridgehead atoms. The van der Waals surface area contributed by atoms with Crippen LogP contribution >= 0.6 is 0 Å². The van der Waals surface area contributed by atoms with Crippen LogP contribution in [0.1, 0.15) is 5.56 Å². The number of hydrogen-bond donors (Lipinski definition) is 2. The predicted molar refractivity (Wildman–Crippen MR) is 77.2 cm³/mol. The lowest BCUT2D eigenvalue weighted by atomic mass is 10.2. The predicted octanol–water partition coefficient (Wildman–Crippen LogP) is 2.05. The van der Waals surface area contributed by atoms with Crippen LogP contribution in [0.3, 0.4) is 0 Å². The van der Waals surface area contributed by atoms with E-state index in [9.17, 15) is 18.4 Å². The van der Waals surface area contributed by atoms with Gasteiger partial charge in [0.05, 0.1) is 11.9 Å². The molecule has 2 aromatic carbocycles.